The van der Waals surface area contributed by atoms with Crippen LogP contribution in [0.1, 0.15) is 25.0 Å². The minimum Gasteiger partial charge on any atom is -0.309 e. The van der Waals surface area contributed by atoms with E-state index in [9.17, 15) is 0 Å². The average molecular weight is 1030 g/mol. The molecule has 0 saturated carbocycles. The van der Waals surface area contributed by atoms with Crippen molar-refractivity contribution in [2.75, 3.05) is 0 Å². The summed E-state index contributed by atoms with van der Waals surface area (Å²) >= 11 is 0. The third-order valence-corrected chi connectivity index (χ3v) is 16.9. The number of hydrogen-bond acceptors (Lipinski definition) is 3. The standard InChI is InChI=1S/C76H51N5/c1-76(2)67-47-71-66(46-63(67)62-37-34-49-22-15-16-31-60(49)72(62)76)65-45-55(54-35-38-69-64(44-54)61-32-17-18-33-68(61)80(69)58-29-13-6-14-30-58)36-39-70(65)81(71)59-42-56(53-28-19-27-52(40-53)48-20-7-3-8-21-48)41-57(43-59)75-78-73(50-23-9-4-10-24-50)77-74(79-75)51-25-11-5-12-26-51/h3-47H,1-2H3. The molecule has 12 aromatic carbocycles. The first-order valence-electron chi connectivity index (χ1n) is 27.8. The molecule has 16 rings (SSSR count). The first-order chi connectivity index (χ1) is 39.9. The summed E-state index contributed by atoms with van der Waals surface area (Å²) in [5.74, 6) is 1.84. The van der Waals surface area contributed by atoms with Crippen LogP contribution in [0.3, 0.4) is 0 Å². The van der Waals surface area contributed by atoms with E-state index in [-0.39, 0.29) is 5.41 Å². The molecule has 5 nitrogen and oxygen atoms in total. The van der Waals surface area contributed by atoms with Crippen molar-refractivity contribution >= 4 is 54.4 Å². The van der Waals surface area contributed by atoms with Crippen LogP contribution in [0.2, 0.25) is 0 Å². The molecule has 0 amide bonds. The van der Waals surface area contributed by atoms with Gasteiger partial charge in [0.25, 0.3) is 0 Å². The Bertz CT molecular complexity index is 4940. The van der Waals surface area contributed by atoms with E-state index in [2.05, 4.69) is 260 Å². The Morgan fingerprint density at radius 1 is 0.272 bits per heavy atom. The van der Waals surface area contributed by atoms with Gasteiger partial charge in [-0.15, -0.1) is 0 Å². The lowest BCUT2D eigenvalue weighted by Crippen LogP contribution is -2.15. The maximum absolute atomic E-state index is 5.33. The van der Waals surface area contributed by atoms with Crippen molar-refractivity contribution in [1.29, 1.82) is 0 Å². The van der Waals surface area contributed by atoms with E-state index in [1.54, 1.807) is 0 Å². The minimum absolute atomic E-state index is 0.280. The lowest BCUT2D eigenvalue weighted by atomic mass is 9.80. The molecule has 0 N–H and O–H groups in total. The van der Waals surface area contributed by atoms with Gasteiger partial charge in [0, 0.05) is 55.0 Å². The van der Waals surface area contributed by atoms with Crippen LogP contribution in [0, 0.1) is 0 Å². The van der Waals surface area contributed by atoms with E-state index in [1.807, 2.05) is 36.4 Å². The first kappa shape index (κ1) is 46.6. The second-order valence-electron chi connectivity index (χ2n) is 22.0. The summed E-state index contributed by atoms with van der Waals surface area (Å²) in [6.45, 7) is 4.81. The molecule has 0 spiro atoms. The predicted molar refractivity (Wildman–Crippen MR) is 336 cm³/mol. The van der Waals surface area contributed by atoms with Gasteiger partial charge in [0.15, 0.2) is 17.5 Å². The van der Waals surface area contributed by atoms with Crippen LogP contribution in [0.15, 0.2) is 273 Å². The number of fused-ring (bicyclic) bond motifs is 11. The second-order valence-corrected chi connectivity index (χ2v) is 22.0. The smallest absolute Gasteiger partial charge is 0.164 e. The van der Waals surface area contributed by atoms with Gasteiger partial charge in [-0.25, -0.2) is 15.0 Å². The molecule has 0 unspecified atom stereocenters. The molecule has 0 atom stereocenters. The molecule has 1 aliphatic rings. The molecule has 15 aromatic rings. The van der Waals surface area contributed by atoms with Crippen LogP contribution in [0.25, 0.3) is 144 Å². The molecule has 380 valence electrons. The Morgan fingerprint density at radius 3 is 1.41 bits per heavy atom. The monoisotopic (exact) mass is 1030 g/mol. The summed E-state index contributed by atoms with van der Waals surface area (Å²) in [6.07, 6.45) is 0. The van der Waals surface area contributed by atoms with Gasteiger partial charge in [-0.3, -0.25) is 0 Å². The van der Waals surface area contributed by atoms with Crippen molar-refractivity contribution in [2.45, 2.75) is 19.3 Å². The van der Waals surface area contributed by atoms with E-state index in [1.165, 1.54) is 71.2 Å². The SMILES string of the molecule is CC1(C)c2cc3c(cc2-c2ccc4ccccc4c21)c1cc(-c2ccc4c(c2)c2ccccc2n4-c2ccccc2)ccc1n3-c1cc(-c2cccc(-c3ccccc3)c2)cc(-c2nc(-c3ccccc3)nc(-c3ccccc3)n2)c1. The molecule has 0 aliphatic heterocycles. The third-order valence-electron chi connectivity index (χ3n) is 16.9. The quantitative estimate of drug-likeness (QED) is 0.152. The normalized spacial score (nSPS) is 12.7. The van der Waals surface area contributed by atoms with Crippen molar-refractivity contribution in [1.82, 2.24) is 24.1 Å². The maximum atomic E-state index is 5.33. The zero-order valence-corrected chi connectivity index (χ0v) is 44.7. The van der Waals surface area contributed by atoms with E-state index in [0.29, 0.717) is 17.5 Å². The molecule has 0 radical (unpaired) electrons. The van der Waals surface area contributed by atoms with E-state index >= 15 is 0 Å². The van der Waals surface area contributed by atoms with Gasteiger partial charge < -0.3 is 9.13 Å². The fraction of sp³-hybridized carbons (Fsp3) is 0.0395. The molecule has 0 fully saturated rings. The predicted octanol–water partition coefficient (Wildman–Crippen LogP) is 19.5. The highest BCUT2D eigenvalue weighted by molar-refractivity contribution is 6.15. The summed E-state index contributed by atoms with van der Waals surface area (Å²) in [4.78, 5) is 15.8. The van der Waals surface area contributed by atoms with Crippen LogP contribution < -0.4 is 0 Å². The Morgan fingerprint density at radius 2 is 0.741 bits per heavy atom. The molecule has 1 aliphatic carbocycles. The lowest BCUT2D eigenvalue weighted by Gasteiger charge is -2.23. The van der Waals surface area contributed by atoms with Gasteiger partial charge in [-0.05, 0) is 145 Å². The van der Waals surface area contributed by atoms with Crippen LogP contribution in [-0.4, -0.2) is 24.1 Å². The van der Waals surface area contributed by atoms with Crippen molar-refractivity contribution in [3.05, 3.63) is 284 Å². The number of aromatic nitrogens is 5. The fourth-order valence-electron chi connectivity index (χ4n) is 13.1. The van der Waals surface area contributed by atoms with Crippen molar-refractivity contribution in [2.24, 2.45) is 0 Å². The van der Waals surface area contributed by atoms with E-state index < -0.39 is 0 Å². The van der Waals surface area contributed by atoms with Crippen LogP contribution >= 0.6 is 0 Å². The van der Waals surface area contributed by atoms with Gasteiger partial charge in [-0.1, -0.05) is 208 Å². The fourth-order valence-corrected chi connectivity index (χ4v) is 13.1. The second kappa shape index (κ2) is 18.3. The molecule has 0 saturated heterocycles. The zero-order valence-electron chi connectivity index (χ0n) is 44.7. The molecule has 3 aromatic heterocycles. The van der Waals surface area contributed by atoms with Crippen molar-refractivity contribution in [3.8, 4) is 90.0 Å². The highest BCUT2D eigenvalue weighted by atomic mass is 15.0. The molecular formula is C76H51N5. The van der Waals surface area contributed by atoms with E-state index in [0.717, 1.165) is 66.9 Å². The Balaban J connectivity index is 0.964. The number of rotatable bonds is 8. The summed E-state index contributed by atoms with van der Waals surface area (Å²) in [6, 6.07) is 98.9. The van der Waals surface area contributed by atoms with Crippen LogP contribution in [-0.2, 0) is 5.41 Å². The van der Waals surface area contributed by atoms with Crippen molar-refractivity contribution < 1.29 is 0 Å². The lowest BCUT2D eigenvalue weighted by molar-refractivity contribution is 0.667. The van der Waals surface area contributed by atoms with Gasteiger partial charge >= 0.3 is 0 Å². The molecule has 0 bridgehead atoms. The largest absolute Gasteiger partial charge is 0.309 e. The van der Waals surface area contributed by atoms with Gasteiger partial charge in [0.1, 0.15) is 0 Å². The van der Waals surface area contributed by atoms with Crippen LogP contribution in [0.5, 0.6) is 0 Å². The Labute approximate surface area is 469 Å². The van der Waals surface area contributed by atoms with Gasteiger partial charge in [0.05, 0.1) is 22.1 Å². The third kappa shape index (κ3) is 7.57. The van der Waals surface area contributed by atoms with Gasteiger partial charge in [0.2, 0.25) is 0 Å². The number of nitrogens with zero attached hydrogens (tertiary/aromatic N) is 5. The Kier molecular flexibility index (Phi) is 10.5. The zero-order chi connectivity index (χ0) is 53.8. The Hall–Kier alpha value is -10.5. The number of hydrogen-bond donors (Lipinski definition) is 0. The first-order valence-corrected chi connectivity index (χ1v) is 27.8. The molecule has 5 heteroatoms. The highest BCUT2D eigenvalue weighted by Gasteiger charge is 2.38. The number of benzene rings is 12. The van der Waals surface area contributed by atoms with Gasteiger partial charge in [-0.2, -0.15) is 0 Å². The van der Waals surface area contributed by atoms with E-state index in [4.69, 9.17) is 15.0 Å². The minimum atomic E-state index is -0.280. The number of para-hydroxylation sites is 2. The summed E-state index contributed by atoms with van der Waals surface area (Å²) in [5.41, 5.74) is 21.3. The topological polar surface area (TPSA) is 48.5 Å². The molecule has 3 heterocycles. The molecule has 81 heavy (non-hydrogen) atoms. The molecular weight excluding hydrogens is 983 g/mol. The summed E-state index contributed by atoms with van der Waals surface area (Å²) < 4.78 is 4.88. The summed E-state index contributed by atoms with van der Waals surface area (Å²) in [5, 5.41) is 7.39. The average Bonchev–Trinajstić information content (AvgIpc) is 4.30. The van der Waals surface area contributed by atoms with Crippen molar-refractivity contribution in [3.63, 3.8) is 0 Å². The maximum Gasteiger partial charge on any atom is 0.164 e. The summed E-state index contributed by atoms with van der Waals surface area (Å²) in [7, 11) is 0. The highest BCUT2D eigenvalue weighted by Crippen LogP contribution is 2.54. The van der Waals surface area contributed by atoms with Crippen LogP contribution in [0.4, 0.5) is 0 Å².